The Balaban J connectivity index is 0.000000415. The highest BCUT2D eigenvalue weighted by Crippen LogP contribution is 2.42. The number of benzene rings is 3. The van der Waals surface area contributed by atoms with Crippen molar-refractivity contribution in [3.8, 4) is 22.4 Å². The normalized spacial score (nSPS) is 19.2. The van der Waals surface area contributed by atoms with Gasteiger partial charge in [-0.1, -0.05) is 84.2 Å². The van der Waals surface area contributed by atoms with Gasteiger partial charge in [0.05, 0.1) is 49.2 Å². The number of rotatable bonds is 10. The van der Waals surface area contributed by atoms with Crippen LogP contribution in [-0.2, 0) is 31.9 Å². The number of imidazole rings is 2. The van der Waals surface area contributed by atoms with Crippen LogP contribution in [0.3, 0.4) is 0 Å². The smallest absolute Gasteiger partial charge is 0.404 e. The van der Waals surface area contributed by atoms with Gasteiger partial charge >= 0.3 is 12.2 Å². The average molecular weight is 879 g/mol. The van der Waals surface area contributed by atoms with Gasteiger partial charge in [-0.3, -0.25) is 9.59 Å². The molecule has 14 nitrogen and oxygen atoms in total. The van der Waals surface area contributed by atoms with Crippen molar-refractivity contribution in [2.24, 2.45) is 23.3 Å². The van der Waals surface area contributed by atoms with Crippen molar-refractivity contribution in [2.45, 2.75) is 143 Å². The number of hydrogen-bond donors (Lipinski definition) is 4. The predicted octanol–water partition coefficient (Wildman–Crippen LogP) is 10.3. The maximum Gasteiger partial charge on any atom is 0.404 e. The first-order valence-electron chi connectivity index (χ1n) is 23.0. The molecule has 4 amide bonds. The summed E-state index contributed by atoms with van der Waals surface area (Å²) in [6, 6.07) is 16.1. The zero-order chi connectivity index (χ0) is 46.7. The van der Waals surface area contributed by atoms with Gasteiger partial charge in [0.15, 0.2) is 0 Å². The number of aromatic nitrogens is 4. The molecule has 2 aromatic heterocycles. The molecule has 3 aromatic carbocycles. The molecule has 0 radical (unpaired) electrons. The van der Waals surface area contributed by atoms with Gasteiger partial charge in [-0.25, -0.2) is 19.6 Å². The van der Waals surface area contributed by atoms with E-state index < -0.39 is 12.2 Å². The van der Waals surface area contributed by atoms with Crippen LogP contribution in [0.5, 0.6) is 0 Å². The number of H-pyrrole nitrogens is 2. The molecule has 8 rings (SSSR count). The summed E-state index contributed by atoms with van der Waals surface area (Å²) >= 11 is 0. The highest BCUT2D eigenvalue weighted by molar-refractivity contribution is 6.05. The van der Waals surface area contributed by atoms with E-state index in [9.17, 15) is 19.2 Å². The number of carbonyl (C=O) groups is 4. The highest BCUT2D eigenvalue weighted by Gasteiger charge is 2.37. The molecular formula is C50H70N8O6. The van der Waals surface area contributed by atoms with Crippen LogP contribution in [0, 0.1) is 11.8 Å². The molecule has 5 atom stereocenters. The summed E-state index contributed by atoms with van der Waals surface area (Å²) in [5.41, 5.74) is 18.5. The Hall–Kier alpha value is -5.92. The van der Waals surface area contributed by atoms with E-state index in [1.807, 2.05) is 11.1 Å². The fraction of sp³-hybridized carbons (Fsp3) is 0.520. The molecule has 5 aromatic rings. The molecule has 2 saturated heterocycles. The van der Waals surface area contributed by atoms with E-state index in [-0.39, 0.29) is 30.1 Å². The van der Waals surface area contributed by atoms with Gasteiger partial charge < -0.3 is 40.7 Å². The van der Waals surface area contributed by atoms with Crippen molar-refractivity contribution in [1.29, 1.82) is 0 Å². The van der Waals surface area contributed by atoms with E-state index in [0.29, 0.717) is 12.3 Å². The fourth-order valence-corrected chi connectivity index (χ4v) is 8.99. The molecule has 1 aliphatic carbocycles. The van der Waals surface area contributed by atoms with Crippen molar-refractivity contribution >= 4 is 46.3 Å². The standard InChI is InChI=1S/C40H46N6O2.C6H14.2C2H5NO2/c1-5-23(2)19-37(48)46-25(4)10-18-36(46)40-42-33-16-12-27-20-26(11-13-29(27)38(33)44-40)28-14-15-32(31-8-6-7-30(28)31)34-21-41-39(43-34)35-17-9-24(3)45(35)22-47;1-4-6(3)5-2;2*1-5-2(3)4/h11-16,20-25,35-36H,5-10,17-19H2,1-4H3,(H,41,43)(H,42,44);6H,4-5H2,1-3H3;2*1H3,(H2,3,4). The number of aromatic amines is 2. The van der Waals surface area contributed by atoms with E-state index in [1.54, 1.807) is 0 Å². The molecule has 2 fully saturated rings. The number of nitrogens with zero attached hydrogens (tertiary/aromatic N) is 4. The first-order valence-corrected chi connectivity index (χ1v) is 23.0. The number of methoxy groups -OCH3 is 2. The molecule has 5 unspecified atom stereocenters. The quantitative estimate of drug-likeness (QED) is 0.0992. The fourth-order valence-electron chi connectivity index (χ4n) is 8.99. The Morgan fingerprint density at radius 3 is 2.02 bits per heavy atom. The Morgan fingerprint density at radius 1 is 0.797 bits per heavy atom. The van der Waals surface area contributed by atoms with Crippen LogP contribution in [-0.4, -0.2) is 80.5 Å². The number of hydrogen-bond acceptors (Lipinski definition) is 8. The highest BCUT2D eigenvalue weighted by atomic mass is 16.5. The third-order valence-corrected chi connectivity index (χ3v) is 13.4. The summed E-state index contributed by atoms with van der Waals surface area (Å²) in [5.74, 6) is 3.35. The summed E-state index contributed by atoms with van der Waals surface area (Å²) in [5, 5.41) is 2.30. The minimum absolute atomic E-state index is 0.00369. The monoisotopic (exact) mass is 879 g/mol. The Bertz CT molecular complexity index is 2350. The predicted molar refractivity (Wildman–Crippen MR) is 253 cm³/mol. The van der Waals surface area contributed by atoms with Gasteiger partial charge in [-0.2, -0.15) is 0 Å². The van der Waals surface area contributed by atoms with Gasteiger partial charge in [0.25, 0.3) is 0 Å². The van der Waals surface area contributed by atoms with Gasteiger partial charge in [-0.05, 0) is 110 Å². The zero-order valence-electron chi connectivity index (χ0n) is 39.3. The van der Waals surface area contributed by atoms with Crippen LogP contribution in [0.15, 0.2) is 48.7 Å². The van der Waals surface area contributed by atoms with Gasteiger partial charge in [0, 0.05) is 29.5 Å². The van der Waals surface area contributed by atoms with Crippen molar-refractivity contribution in [3.05, 3.63) is 71.4 Å². The van der Waals surface area contributed by atoms with Crippen LogP contribution < -0.4 is 11.5 Å². The summed E-state index contributed by atoms with van der Waals surface area (Å²) in [4.78, 5) is 64.9. The largest absolute Gasteiger partial charge is 0.453 e. The Labute approximate surface area is 378 Å². The number of nitrogens with two attached hydrogens (primary N) is 2. The third-order valence-electron chi connectivity index (χ3n) is 13.4. The number of ether oxygens (including phenoxy) is 2. The number of amides is 4. The zero-order valence-corrected chi connectivity index (χ0v) is 39.3. The van der Waals surface area contributed by atoms with Crippen molar-refractivity contribution < 1.29 is 28.7 Å². The molecule has 346 valence electrons. The van der Waals surface area contributed by atoms with E-state index >= 15 is 0 Å². The molecule has 2 aliphatic heterocycles. The van der Waals surface area contributed by atoms with Crippen molar-refractivity contribution in [2.75, 3.05) is 14.2 Å². The van der Waals surface area contributed by atoms with Crippen LogP contribution in [0.4, 0.5) is 9.59 Å². The van der Waals surface area contributed by atoms with Gasteiger partial charge in [0.2, 0.25) is 12.3 Å². The second-order valence-electron chi connectivity index (χ2n) is 17.6. The lowest BCUT2D eigenvalue weighted by Gasteiger charge is -2.28. The number of primary amides is 2. The molecule has 0 bridgehead atoms. The number of carbonyl (C=O) groups excluding carboxylic acids is 4. The second kappa shape index (κ2) is 22.6. The molecule has 4 heterocycles. The third kappa shape index (κ3) is 11.4. The van der Waals surface area contributed by atoms with Crippen molar-refractivity contribution in [1.82, 2.24) is 29.7 Å². The van der Waals surface area contributed by atoms with Gasteiger partial charge in [-0.15, -0.1) is 0 Å². The van der Waals surface area contributed by atoms with Crippen LogP contribution >= 0.6 is 0 Å². The maximum absolute atomic E-state index is 13.3. The second-order valence-corrected chi connectivity index (χ2v) is 17.6. The Morgan fingerprint density at radius 2 is 1.41 bits per heavy atom. The van der Waals surface area contributed by atoms with Crippen LogP contribution in [0.2, 0.25) is 0 Å². The van der Waals surface area contributed by atoms with E-state index in [0.717, 1.165) is 97.5 Å². The SMILES string of the molecule is CCC(C)CC.CCC(C)CC(=O)N1C(C)CCC1c1nc2c(ccc3cc(-c4ccc(-c5cnc(C6CCC(C)N6C=O)[nH]5)c5c4CCC5)ccc32)[nH]1.COC(N)=O.COC(N)=O. The topological polar surface area (TPSA) is 203 Å². The summed E-state index contributed by atoms with van der Waals surface area (Å²) in [6.07, 6.45) is 12.8. The van der Waals surface area contributed by atoms with E-state index in [2.05, 4.69) is 127 Å². The molecule has 6 N–H and O–H groups in total. The number of fused-ring (bicyclic) bond motifs is 4. The lowest BCUT2D eigenvalue weighted by molar-refractivity contribution is -0.135. The molecule has 0 saturated carbocycles. The number of nitrogens with one attached hydrogen (secondary N) is 2. The lowest BCUT2D eigenvalue weighted by atomic mass is 9.91. The summed E-state index contributed by atoms with van der Waals surface area (Å²) in [6.45, 7) is 15.3. The molecule has 3 aliphatic rings. The molecule has 14 heteroatoms. The summed E-state index contributed by atoms with van der Waals surface area (Å²) in [7, 11) is 2.45. The molecule has 0 spiro atoms. The minimum atomic E-state index is -0.745. The van der Waals surface area contributed by atoms with Crippen molar-refractivity contribution in [3.63, 3.8) is 0 Å². The van der Waals surface area contributed by atoms with E-state index in [1.165, 1.54) is 60.3 Å². The minimum Gasteiger partial charge on any atom is -0.453 e. The van der Waals surface area contributed by atoms with Crippen LogP contribution in [0.25, 0.3) is 44.2 Å². The van der Waals surface area contributed by atoms with Crippen LogP contribution in [0.1, 0.15) is 141 Å². The number of likely N-dealkylation sites (tertiary alicyclic amines) is 2. The van der Waals surface area contributed by atoms with E-state index in [4.69, 9.17) is 9.97 Å². The molecular weight excluding hydrogens is 809 g/mol. The van der Waals surface area contributed by atoms with Gasteiger partial charge in [0.1, 0.15) is 11.6 Å². The lowest BCUT2D eigenvalue weighted by Crippen LogP contribution is -2.36. The Kier molecular flexibility index (Phi) is 17.4. The average Bonchev–Trinajstić information content (AvgIpc) is 4.16. The maximum atomic E-state index is 13.3. The first-order chi connectivity index (χ1) is 30.7. The first kappa shape index (κ1) is 49.1. The summed E-state index contributed by atoms with van der Waals surface area (Å²) < 4.78 is 7.78. The molecule has 64 heavy (non-hydrogen) atoms.